The van der Waals surface area contributed by atoms with Gasteiger partial charge in [0.1, 0.15) is 24.0 Å². The van der Waals surface area contributed by atoms with E-state index in [0.717, 1.165) is 23.2 Å². The van der Waals surface area contributed by atoms with Crippen LogP contribution in [0, 0.1) is 17.5 Å². The quantitative estimate of drug-likeness (QED) is 0.876. The van der Waals surface area contributed by atoms with Gasteiger partial charge in [-0.25, -0.2) is 18.0 Å². The van der Waals surface area contributed by atoms with E-state index < -0.39 is 35.4 Å². The van der Waals surface area contributed by atoms with Crippen LogP contribution in [-0.2, 0) is 11.3 Å². The van der Waals surface area contributed by atoms with Gasteiger partial charge in [0, 0.05) is 17.2 Å². The maximum Gasteiger partial charge on any atom is 0.322 e. The van der Waals surface area contributed by atoms with Crippen LogP contribution in [0.4, 0.5) is 23.7 Å². The number of urea groups is 1. The number of carbonyl (C=O) groups excluding carboxylic acids is 2. The van der Waals surface area contributed by atoms with Crippen molar-refractivity contribution in [3.8, 4) is 0 Å². The summed E-state index contributed by atoms with van der Waals surface area (Å²) in [5.41, 5.74) is 0.601. The number of nitrogens with one attached hydrogen (secondary N) is 2. The van der Waals surface area contributed by atoms with Crippen LogP contribution in [0.2, 0.25) is 0 Å². The molecule has 0 aliphatic carbocycles. The molecule has 0 fully saturated rings. The number of pyridine rings is 1. The first-order valence-corrected chi connectivity index (χ1v) is 7.77. The van der Waals surface area contributed by atoms with Crippen LogP contribution in [0.1, 0.15) is 24.1 Å². The fourth-order valence-electron chi connectivity index (χ4n) is 2.71. The molecular formula is C17H15F3N4O2. The van der Waals surface area contributed by atoms with Crippen LogP contribution in [0.5, 0.6) is 0 Å². The lowest BCUT2D eigenvalue weighted by Crippen LogP contribution is -2.45. The third-order valence-electron chi connectivity index (χ3n) is 4.02. The number of nitrogens with zero attached hydrogens (tertiary/aromatic N) is 2. The molecule has 9 heteroatoms. The van der Waals surface area contributed by atoms with Crippen molar-refractivity contribution in [2.45, 2.75) is 19.5 Å². The van der Waals surface area contributed by atoms with E-state index in [2.05, 4.69) is 15.6 Å². The molecule has 2 N–H and O–H groups in total. The van der Waals surface area contributed by atoms with E-state index in [-0.39, 0.29) is 29.9 Å². The van der Waals surface area contributed by atoms with E-state index in [1.807, 2.05) is 0 Å². The predicted octanol–water partition coefficient (Wildman–Crippen LogP) is 2.72. The van der Waals surface area contributed by atoms with Crippen LogP contribution >= 0.6 is 0 Å². The maximum atomic E-state index is 13.8. The Labute approximate surface area is 147 Å². The molecule has 0 saturated heterocycles. The molecule has 1 aliphatic rings. The Bertz CT molecular complexity index is 875. The van der Waals surface area contributed by atoms with Crippen molar-refractivity contribution in [1.82, 2.24) is 15.2 Å². The van der Waals surface area contributed by atoms with Gasteiger partial charge >= 0.3 is 6.03 Å². The first-order chi connectivity index (χ1) is 12.3. The Balaban J connectivity index is 1.66. The van der Waals surface area contributed by atoms with Gasteiger partial charge < -0.3 is 15.5 Å². The van der Waals surface area contributed by atoms with E-state index in [1.165, 1.54) is 19.2 Å². The topological polar surface area (TPSA) is 74.3 Å². The van der Waals surface area contributed by atoms with Gasteiger partial charge in [-0.15, -0.1) is 0 Å². The highest BCUT2D eigenvalue weighted by molar-refractivity contribution is 5.94. The van der Waals surface area contributed by atoms with Crippen molar-refractivity contribution < 1.29 is 22.8 Å². The molecule has 26 heavy (non-hydrogen) atoms. The fraction of sp³-hybridized carbons (Fsp3) is 0.235. The lowest BCUT2D eigenvalue weighted by atomic mass is 10.1. The molecule has 2 heterocycles. The van der Waals surface area contributed by atoms with Crippen molar-refractivity contribution in [3.05, 3.63) is 59.2 Å². The Kier molecular flexibility index (Phi) is 4.79. The number of aromatic nitrogens is 1. The first-order valence-electron chi connectivity index (χ1n) is 7.77. The number of anilines is 1. The summed E-state index contributed by atoms with van der Waals surface area (Å²) in [4.78, 5) is 29.0. The number of carbonyl (C=O) groups is 2. The van der Waals surface area contributed by atoms with E-state index in [1.54, 1.807) is 0 Å². The van der Waals surface area contributed by atoms with E-state index in [0.29, 0.717) is 0 Å². The molecule has 136 valence electrons. The minimum Gasteiger partial charge on any atom is -0.348 e. The van der Waals surface area contributed by atoms with Crippen LogP contribution in [0.15, 0.2) is 30.6 Å². The number of benzene rings is 1. The van der Waals surface area contributed by atoms with Gasteiger partial charge in [0.05, 0.1) is 30.7 Å². The molecule has 6 nitrogen and oxygen atoms in total. The highest BCUT2D eigenvalue weighted by atomic mass is 19.1. The SMILES string of the molecule is C[C@H](NC(=O)CN1Cc2c(F)cncc2NC1=O)c1ccc(F)cc1F. The molecule has 2 aromatic rings. The number of hydrogen-bond acceptors (Lipinski definition) is 3. The Morgan fingerprint density at radius 2 is 2.08 bits per heavy atom. The zero-order valence-electron chi connectivity index (χ0n) is 13.7. The first kappa shape index (κ1) is 17.7. The summed E-state index contributed by atoms with van der Waals surface area (Å²) in [6.45, 7) is 1.09. The second-order valence-electron chi connectivity index (χ2n) is 5.89. The van der Waals surface area contributed by atoms with E-state index in [4.69, 9.17) is 0 Å². The summed E-state index contributed by atoms with van der Waals surface area (Å²) in [5.74, 6) is -2.65. The molecule has 0 spiro atoms. The van der Waals surface area contributed by atoms with Crippen molar-refractivity contribution in [2.24, 2.45) is 0 Å². The van der Waals surface area contributed by atoms with Gasteiger partial charge in [0.2, 0.25) is 5.91 Å². The smallest absolute Gasteiger partial charge is 0.322 e. The molecule has 1 aromatic heterocycles. The van der Waals surface area contributed by atoms with Crippen molar-refractivity contribution in [1.29, 1.82) is 0 Å². The average molecular weight is 364 g/mol. The lowest BCUT2D eigenvalue weighted by Gasteiger charge is -2.29. The molecule has 0 unspecified atom stereocenters. The third kappa shape index (κ3) is 3.61. The van der Waals surface area contributed by atoms with Crippen LogP contribution in [0.25, 0.3) is 0 Å². The van der Waals surface area contributed by atoms with Gasteiger partial charge in [-0.3, -0.25) is 9.78 Å². The Morgan fingerprint density at radius 3 is 2.81 bits per heavy atom. The molecule has 1 atom stereocenters. The fourth-order valence-corrected chi connectivity index (χ4v) is 2.71. The maximum absolute atomic E-state index is 13.8. The summed E-state index contributed by atoms with van der Waals surface area (Å²) in [7, 11) is 0. The molecule has 0 saturated carbocycles. The summed E-state index contributed by atoms with van der Waals surface area (Å²) in [6.07, 6.45) is 2.35. The molecule has 3 amide bonds. The molecular weight excluding hydrogens is 349 g/mol. The number of rotatable bonds is 4. The highest BCUT2D eigenvalue weighted by Gasteiger charge is 2.27. The van der Waals surface area contributed by atoms with Gasteiger partial charge in [-0.2, -0.15) is 0 Å². The molecule has 3 rings (SSSR count). The monoisotopic (exact) mass is 364 g/mol. The standard InChI is InChI=1S/C17H15F3N4O2/c1-9(11-3-2-10(18)4-13(11)19)22-16(25)8-24-7-12-14(20)5-21-6-15(12)23-17(24)26/h2-6,9H,7-8H2,1H3,(H,22,25)(H,23,26)/t9-/m0/s1. The molecule has 1 aromatic carbocycles. The van der Waals surface area contributed by atoms with Crippen LogP contribution < -0.4 is 10.6 Å². The normalized spacial score (nSPS) is 14.5. The van der Waals surface area contributed by atoms with Gasteiger partial charge in [0.15, 0.2) is 0 Å². The lowest BCUT2D eigenvalue weighted by molar-refractivity contribution is -0.122. The van der Waals surface area contributed by atoms with Gasteiger partial charge in [-0.1, -0.05) is 6.07 Å². The number of amides is 3. The summed E-state index contributed by atoms with van der Waals surface area (Å²) in [5, 5.41) is 4.99. The predicted molar refractivity (Wildman–Crippen MR) is 86.5 cm³/mol. The third-order valence-corrected chi connectivity index (χ3v) is 4.02. The average Bonchev–Trinajstić information content (AvgIpc) is 2.56. The van der Waals surface area contributed by atoms with Crippen molar-refractivity contribution in [3.63, 3.8) is 0 Å². The van der Waals surface area contributed by atoms with Crippen LogP contribution in [0.3, 0.4) is 0 Å². The minimum atomic E-state index is -0.781. The second kappa shape index (κ2) is 7.03. The van der Waals surface area contributed by atoms with Gasteiger partial charge in [-0.05, 0) is 13.0 Å². The molecule has 0 radical (unpaired) electrons. The zero-order chi connectivity index (χ0) is 18.8. The van der Waals surface area contributed by atoms with Crippen molar-refractivity contribution in [2.75, 3.05) is 11.9 Å². The van der Waals surface area contributed by atoms with E-state index >= 15 is 0 Å². The van der Waals surface area contributed by atoms with Crippen molar-refractivity contribution >= 4 is 17.6 Å². The minimum absolute atomic E-state index is 0.0950. The summed E-state index contributed by atoms with van der Waals surface area (Å²) >= 11 is 0. The van der Waals surface area contributed by atoms with Crippen LogP contribution in [-0.4, -0.2) is 28.4 Å². The largest absolute Gasteiger partial charge is 0.348 e. The molecule has 1 aliphatic heterocycles. The number of fused-ring (bicyclic) bond motifs is 1. The Hall–Kier alpha value is -3.10. The molecule has 0 bridgehead atoms. The van der Waals surface area contributed by atoms with E-state index in [9.17, 15) is 22.8 Å². The zero-order valence-corrected chi connectivity index (χ0v) is 13.7. The summed E-state index contributed by atoms with van der Waals surface area (Å²) < 4.78 is 40.5. The highest BCUT2D eigenvalue weighted by Crippen LogP contribution is 2.24. The Morgan fingerprint density at radius 1 is 1.31 bits per heavy atom. The number of hydrogen-bond donors (Lipinski definition) is 2. The summed E-state index contributed by atoms with van der Waals surface area (Å²) in [6, 6.07) is 1.75. The second-order valence-corrected chi connectivity index (χ2v) is 5.89. The van der Waals surface area contributed by atoms with Gasteiger partial charge in [0.25, 0.3) is 0 Å². The number of halogens is 3.